The van der Waals surface area contributed by atoms with Crippen molar-refractivity contribution >= 4 is 59.7 Å². The first kappa shape index (κ1) is 29.0. The summed E-state index contributed by atoms with van der Waals surface area (Å²) in [7, 11) is 0. The molecule has 0 bridgehead atoms. The molecule has 2 heterocycles. The second-order valence-electron chi connectivity index (χ2n) is 13.6. The molecule has 3 nitrogen and oxygen atoms in total. The van der Waals surface area contributed by atoms with Gasteiger partial charge in [0.05, 0.1) is 0 Å². The first-order chi connectivity index (χ1) is 24.5. The molecule has 0 spiro atoms. The van der Waals surface area contributed by atoms with Gasteiger partial charge in [-0.25, -0.2) is 4.98 Å². The minimum absolute atomic E-state index is 0.101. The molecule has 2 aromatic heterocycles. The number of hydrogen-bond donors (Lipinski definition) is 0. The number of para-hydroxylation sites is 2. The molecule has 9 aromatic rings. The van der Waals surface area contributed by atoms with Gasteiger partial charge in [-0.05, 0) is 94.0 Å². The highest BCUT2D eigenvalue weighted by Crippen LogP contribution is 2.51. The number of aromatic nitrogens is 1. The van der Waals surface area contributed by atoms with E-state index in [1.165, 1.54) is 53.6 Å². The molecule has 0 atom stereocenters. The predicted octanol–water partition coefficient (Wildman–Crippen LogP) is 13.3. The summed E-state index contributed by atoms with van der Waals surface area (Å²) in [4.78, 5) is 7.28. The molecular formula is C46H32N2OS. The molecule has 0 fully saturated rings. The van der Waals surface area contributed by atoms with Crippen LogP contribution in [0.5, 0.6) is 0 Å². The van der Waals surface area contributed by atoms with E-state index in [1.54, 1.807) is 0 Å². The molecule has 10 rings (SSSR count). The second-order valence-corrected chi connectivity index (χ2v) is 14.7. The van der Waals surface area contributed by atoms with Crippen molar-refractivity contribution in [1.82, 2.24) is 4.98 Å². The number of anilines is 3. The fourth-order valence-electron chi connectivity index (χ4n) is 7.85. The molecule has 0 amide bonds. The van der Waals surface area contributed by atoms with Gasteiger partial charge in [0.1, 0.15) is 5.52 Å². The zero-order valence-electron chi connectivity index (χ0n) is 27.7. The van der Waals surface area contributed by atoms with Crippen molar-refractivity contribution in [2.45, 2.75) is 19.3 Å². The molecule has 0 N–H and O–H groups in total. The molecule has 1 aliphatic rings. The largest absolute Gasteiger partial charge is 0.436 e. The normalized spacial score (nSPS) is 13.2. The Labute approximate surface area is 294 Å². The molecule has 0 radical (unpaired) electrons. The Morgan fingerprint density at radius 2 is 1.24 bits per heavy atom. The summed E-state index contributed by atoms with van der Waals surface area (Å²) in [6.45, 7) is 4.69. The first-order valence-electron chi connectivity index (χ1n) is 17.0. The maximum absolute atomic E-state index is 6.27. The third kappa shape index (κ3) is 4.45. The van der Waals surface area contributed by atoms with Crippen LogP contribution in [0.2, 0.25) is 0 Å². The number of oxazole rings is 1. The van der Waals surface area contributed by atoms with Gasteiger partial charge in [0.15, 0.2) is 5.58 Å². The zero-order chi connectivity index (χ0) is 33.4. The highest BCUT2D eigenvalue weighted by atomic mass is 32.1. The monoisotopic (exact) mass is 660 g/mol. The lowest BCUT2D eigenvalue weighted by Crippen LogP contribution is -2.16. The van der Waals surface area contributed by atoms with Gasteiger partial charge in [-0.2, -0.15) is 0 Å². The maximum Gasteiger partial charge on any atom is 0.227 e. The van der Waals surface area contributed by atoms with E-state index in [0.717, 1.165) is 33.7 Å². The SMILES string of the molecule is CC1(C)c2ccccc2-c2ccc(N(c3cccc(-c4ccccc4)c3)c3ccc4c(c3)sc3cccc(-c5nc6ccccc6o5)c34)cc21. The lowest BCUT2D eigenvalue weighted by molar-refractivity contribution is 0.620. The quantitative estimate of drug-likeness (QED) is 0.184. The smallest absolute Gasteiger partial charge is 0.227 e. The van der Waals surface area contributed by atoms with Gasteiger partial charge in [-0.1, -0.05) is 111 Å². The van der Waals surface area contributed by atoms with Crippen LogP contribution in [0.1, 0.15) is 25.0 Å². The van der Waals surface area contributed by atoms with Gasteiger partial charge in [0.2, 0.25) is 5.89 Å². The summed E-state index contributed by atoms with van der Waals surface area (Å²) in [5.41, 5.74) is 13.7. The van der Waals surface area contributed by atoms with Gasteiger partial charge < -0.3 is 9.32 Å². The highest BCUT2D eigenvalue weighted by molar-refractivity contribution is 7.26. The fourth-order valence-corrected chi connectivity index (χ4v) is 9.02. The van der Waals surface area contributed by atoms with Crippen LogP contribution in [0.15, 0.2) is 162 Å². The molecule has 4 heteroatoms. The minimum atomic E-state index is -0.101. The average molecular weight is 661 g/mol. The summed E-state index contributed by atoms with van der Waals surface area (Å²) in [6.07, 6.45) is 0. The van der Waals surface area contributed by atoms with E-state index in [1.807, 2.05) is 35.6 Å². The second kappa shape index (κ2) is 11.0. The summed E-state index contributed by atoms with van der Waals surface area (Å²) in [5, 5.41) is 2.38. The Bertz CT molecular complexity index is 2720. The molecule has 0 unspecified atom stereocenters. The van der Waals surface area contributed by atoms with Gasteiger partial charge in [-0.15, -0.1) is 11.3 Å². The van der Waals surface area contributed by atoms with E-state index in [0.29, 0.717) is 5.89 Å². The fraction of sp³-hybridized carbons (Fsp3) is 0.0652. The summed E-state index contributed by atoms with van der Waals surface area (Å²) < 4.78 is 8.70. The van der Waals surface area contributed by atoms with Crippen LogP contribution in [-0.2, 0) is 5.41 Å². The Hall–Kier alpha value is -5.97. The maximum atomic E-state index is 6.27. The van der Waals surface area contributed by atoms with E-state index in [4.69, 9.17) is 9.40 Å². The van der Waals surface area contributed by atoms with Crippen LogP contribution >= 0.6 is 11.3 Å². The van der Waals surface area contributed by atoms with Crippen molar-refractivity contribution in [3.05, 3.63) is 169 Å². The molecule has 0 saturated carbocycles. The third-order valence-electron chi connectivity index (χ3n) is 10.3. The number of thiophene rings is 1. The van der Waals surface area contributed by atoms with Crippen molar-refractivity contribution < 1.29 is 4.42 Å². The predicted molar refractivity (Wildman–Crippen MR) is 210 cm³/mol. The number of fused-ring (bicyclic) bond motifs is 7. The van der Waals surface area contributed by atoms with Crippen LogP contribution in [-0.4, -0.2) is 4.98 Å². The zero-order valence-corrected chi connectivity index (χ0v) is 28.5. The Morgan fingerprint density at radius 1 is 0.540 bits per heavy atom. The van der Waals surface area contributed by atoms with Crippen molar-refractivity contribution in [1.29, 1.82) is 0 Å². The van der Waals surface area contributed by atoms with Crippen LogP contribution in [0, 0.1) is 0 Å². The van der Waals surface area contributed by atoms with Gasteiger partial charge in [0.25, 0.3) is 0 Å². The van der Waals surface area contributed by atoms with Crippen LogP contribution in [0.3, 0.4) is 0 Å². The number of nitrogens with zero attached hydrogens (tertiary/aromatic N) is 2. The Kier molecular flexibility index (Phi) is 6.39. The lowest BCUT2D eigenvalue weighted by Gasteiger charge is -2.28. The van der Waals surface area contributed by atoms with Crippen molar-refractivity contribution in [3.63, 3.8) is 0 Å². The van der Waals surface area contributed by atoms with Gasteiger partial charge in [0, 0.05) is 48.2 Å². The van der Waals surface area contributed by atoms with E-state index in [-0.39, 0.29) is 5.41 Å². The molecule has 7 aromatic carbocycles. The summed E-state index contributed by atoms with van der Waals surface area (Å²) in [5.74, 6) is 0.654. The summed E-state index contributed by atoms with van der Waals surface area (Å²) in [6, 6.07) is 56.7. The Balaban J connectivity index is 1.16. The number of benzene rings is 7. The number of hydrogen-bond acceptors (Lipinski definition) is 4. The molecule has 50 heavy (non-hydrogen) atoms. The molecule has 0 aliphatic heterocycles. The topological polar surface area (TPSA) is 29.3 Å². The Morgan fingerprint density at radius 3 is 2.14 bits per heavy atom. The lowest BCUT2D eigenvalue weighted by atomic mass is 9.82. The van der Waals surface area contributed by atoms with Crippen LogP contribution < -0.4 is 4.90 Å². The van der Waals surface area contributed by atoms with Crippen LogP contribution in [0.25, 0.3) is 65.0 Å². The molecule has 238 valence electrons. The average Bonchev–Trinajstić information content (AvgIpc) is 3.83. The first-order valence-corrected chi connectivity index (χ1v) is 17.9. The minimum Gasteiger partial charge on any atom is -0.436 e. The van der Waals surface area contributed by atoms with E-state index >= 15 is 0 Å². The van der Waals surface area contributed by atoms with Crippen molar-refractivity contribution in [2.75, 3.05) is 4.90 Å². The van der Waals surface area contributed by atoms with E-state index in [9.17, 15) is 0 Å². The van der Waals surface area contributed by atoms with E-state index in [2.05, 4.69) is 152 Å². The molecule has 0 saturated heterocycles. The van der Waals surface area contributed by atoms with Crippen molar-refractivity contribution in [3.8, 4) is 33.7 Å². The standard InChI is InChI=1S/C46H32N2OS/c1-46(2)38-18-7-6-16-34(38)35-24-22-32(27-39(35)46)48(31-15-10-14-30(26-31)29-12-4-3-5-13-29)33-23-25-36-43(28-33)50-42-21-11-17-37(44(36)42)45-47-40-19-8-9-20-41(40)49-45/h3-28H,1-2H3. The molecular weight excluding hydrogens is 629 g/mol. The third-order valence-corrected chi connectivity index (χ3v) is 11.4. The highest BCUT2D eigenvalue weighted by Gasteiger charge is 2.35. The molecule has 1 aliphatic carbocycles. The van der Waals surface area contributed by atoms with Gasteiger partial charge >= 0.3 is 0 Å². The van der Waals surface area contributed by atoms with Crippen LogP contribution in [0.4, 0.5) is 17.1 Å². The van der Waals surface area contributed by atoms with Gasteiger partial charge in [-0.3, -0.25) is 0 Å². The number of rotatable bonds is 5. The van der Waals surface area contributed by atoms with Crippen molar-refractivity contribution in [2.24, 2.45) is 0 Å². The summed E-state index contributed by atoms with van der Waals surface area (Å²) >= 11 is 1.81. The van der Waals surface area contributed by atoms with E-state index < -0.39 is 0 Å².